The molecule has 0 aromatic carbocycles. The van der Waals surface area contributed by atoms with Crippen molar-refractivity contribution in [2.24, 2.45) is 17.8 Å². The lowest BCUT2D eigenvalue weighted by atomic mass is 9.70. The van der Waals surface area contributed by atoms with Gasteiger partial charge in [0.05, 0.1) is 0 Å². The van der Waals surface area contributed by atoms with Crippen LogP contribution in [0.5, 0.6) is 0 Å². The summed E-state index contributed by atoms with van der Waals surface area (Å²) in [5.74, 6) is 2.08. The average molecular weight is 230 g/mol. The number of halogens is 2. The van der Waals surface area contributed by atoms with E-state index in [-0.39, 0.29) is 0 Å². The lowest BCUT2D eigenvalue weighted by Gasteiger charge is -2.36. The minimum absolute atomic E-state index is 0.551. The van der Waals surface area contributed by atoms with Crippen LogP contribution in [0.1, 0.15) is 58.3 Å². The van der Waals surface area contributed by atoms with Crippen LogP contribution in [0.3, 0.4) is 0 Å². The fourth-order valence-corrected chi connectivity index (χ4v) is 3.59. The van der Waals surface area contributed by atoms with E-state index >= 15 is 0 Å². The van der Waals surface area contributed by atoms with Gasteiger partial charge in [0.15, 0.2) is 0 Å². The highest BCUT2D eigenvalue weighted by molar-refractivity contribution is 4.82. The van der Waals surface area contributed by atoms with Crippen LogP contribution >= 0.6 is 0 Å². The van der Waals surface area contributed by atoms with Gasteiger partial charge in [-0.3, -0.25) is 0 Å². The molecule has 0 amide bonds. The standard InChI is InChI=1S/C14H24F2/c1-10(11-2-6-13(15)7-3-11)12-4-8-14(16)9-5-12/h10-14H,2-9H2,1H3. The van der Waals surface area contributed by atoms with Gasteiger partial charge in [0, 0.05) is 0 Å². The first kappa shape index (κ1) is 12.3. The van der Waals surface area contributed by atoms with Crippen LogP contribution in [0, 0.1) is 17.8 Å². The summed E-state index contributed by atoms with van der Waals surface area (Å²) >= 11 is 0. The van der Waals surface area contributed by atoms with Crippen molar-refractivity contribution in [3.8, 4) is 0 Å². The van der Waals surface area contributed by atoms with Gasteiger partial charge in [-0.25, -0.2) is 8.78 Å². The van der Waals surface area contributed by atoms with Crippen molar-refractivity contribution in [2.75, 3.05) is 0 Å². The molecule has 0 atom stereocenters. The number of rotatable bonds is 2. The Morgan fingerprint density at radius 3 is 1.31 bits per heavy atom. The maximum Gasteiger partial charge on any atom is 0.100 e. The molecule has 16 heavy (non-hydrogen) atoms. The molecule has 0 bridgehead atoms. The van der Waals surface area contributed by atoms with Crippen molar-refractivity contribution in [2.45, 2.75) is 70.6 Å². The van der Waals surface area contributed by atoms with Crippen LogP contribution in [0.25, 0.3) is 0 Å². The molecule has 2 fully saturated rings. The van der Waals surface area contributed by atoms with Gasteiger partial charge in [-0.05, 0) is 69.1 Å². The summed E-state index contributed by atoms with van der Waals surface area (Å²) in [6.45, 7) is 2.31. The first-order chi connectivity index (χ1) is 7.66. The molecule has 0 spiro atoms. The van der Waals surface area contributed by atoms with Crippen molar-refractivity contribution < 1.29 is 8.78 Å². The van der Waals surface area contributed by atoms with Crippen LogP contribution in [0.4, 0.5) is 8.78 Å². The van der Waals surface area contributed by atoms with E-state index in [1.165, 1.54) is 0 Å². The van der Waals surface area contributed by atoms with Crippen molar-refractivity contribution >= 4 is 0 Å². The molecule has 0 N–H and O–H groups in total. The fourth-order valence-electron chi connectivity index (χ4n) is 3.59. The lowest BCUT2D eigenvalue weighted by molar-refractivity contribution is 0.103. The topological polar surface area (TPSA) is 0 Å². The Balaban J connectivity index is 1.80. The third-order valence-corrected chi connectivity index (χ3v) is 4.89. The summed E-state index contributed by atoms with van der Waals surface area (Å²) in [7, 11) is 0. The first-order valence-corrected chi connectivity index (χ1v) is 6.95. The van der Waals surface area contributed by atoms with Gasteiger partial charge in [-0.1, -0.05) is 6.92 Å². The Morgan fingerprint density at radius 2 is 1.00 bits per heavy atom. The molecule has 0 nitrogen and oxygen atoms in total. The monoisotopic (exact) mass is 230 g/mol. The Kier molecular flexibility index (Phi) is 4.21. The normalized spacial score (nSPS) is 42.9. The second kappa shape index (κ2) is 5.46. The van der Waals surface area contributed by atoms with Gasteiger partial charge in [0.2, 0.25) is 0 Å². The molecule has 0 aliphatic heterocycles. The Morgan fingerprint density at radius 1 is 0.688 bits per heavy atom. The van der Waals surface area contributed by atoms with Gasteiger partial charge in [0.1, 0.15) is 12.3 Å². The SMILES string of the molecule is CC(C1CCC(F)CC1)C1CCC(F)CC1. The third-order valence-electron chi connectivity index (χ3n) is 4.89. The summed E-state index contributed by atoms with van der Waals surface area (Å²) in [6, 6.07) is 0. The average Bonchev–Trinajstić information content (AvgIpc) is 2.30. The van der Waals surface area contributed by atoms with Gasteiger partial charge >= 0.3 is 0 Å². The zero-order valence-electron chi connectivity index (χ0n) is 10.3. The van der Waals surface area contributed by atoms with Gasteiger partial charge in [-0.15, -0.1) is 0 Å². The number of hydrogen-bond acceptors (Lipinski definition) is 0. The molecule has 0 radical (unpaired) electrons. The molecule has 2 aliphatic rings. The van der Waals surface area contributed by atoms with Gasteiger partial charge in [0.25, 0.3) is 0 Å². The zero-order chi connectivity index (χ0) is 11.5. The number of hydrogen-bond donors (Lipinski definition) is 0. The lowest BCUT2D eigenvalue weighted by Crippen LogP contribution is -2.29. The minimum Gasteiger partial charge on any atom is -0.247 e. The van der Waals surface area contributed by atoms with E-state index in [0.717, 1.165) is 51.4 Å². The van der Waals surface area contributed by atoms with E-state index in [4.69, 9.17) is 0 Å². The fraction of sp³-hybridized carbons (Fsp3) is 1.00. The molecule has 0 aromatic heterocycles. The molecule has 2 aliphatic carbocycles. The van der Waals surface area contributed by atoms with Crippen LogP contribution < -0.4 is 0 Å². The molecule has 0 saturated heterocycles. The van der Waals surface area contributed by atoms with E-state index in [2.05, 4.69) is 6.92 Å². The van der Waals surface area contributed by atoms with Crippen LogP contribution in [-0.4, -0.2) is 12.3 Å². The summed E-state index contributed by atoms with van der Waals surface area (Å²) in [5.41, 5.74) is 0. The zero-order valence-corrected chi connectivity index (χ0v) is 10.3. The minimum atomic E-state index is -0.551. The van der Waals surface area contributed by atoms with Gasteiger partial charge in [-0.2, -0.15) is 0 Å². The molecular formula is C14H24F2. The van der Waals surface area contributed by atoms with E-state index in [0.29, 0.717) is 17.8 Å². The summed E-state index contributed by atoms with van der Waals surface area (Å²) in [4.78, 5) is 0. The second-order valence-corrected chi connectivity index (χ2v) is 5.88. The molecule has 0 heterocycles. The molecule has 94 valence electrons. The highest BCUT2D eigenvalue weighted by Crippen LogP contribution is 2.40. The molecule has 0 aromatic rings. The predicted molar refractivity (Wildman–Crippen MR) is 62.9 cm³/mol. The highest BCUT2D eigenvalue weighted by atomic mass is 19.1. The van der Waals surface area contributed by atoms with Crippen LogP contribution in [0.15, 0.2) is 0 Å². The largest absolute Gasteiger partial charge is 0.247 e. The van der Waals surface area contributed by atoms with Crippen LogP contribution in [0.2, 0.25) is 0 Å². The maximum absolute atomic E-state index is 13.1. The highest BCUT2D eigenvalue weighted by Gasteiger charge is 2.32. The maximum atomic E-state index is 13.1. The Hall–Kier alpha value is -0.140. The Labute approximate surface area is 97.8 Å². The molecule has 2 heteroatoms. The van der Waals surface area contributed by atoms with Crippen molar-refractivity contribution in [3.63, 3.8) is 0 Å². The number of alkyl halides is 2. The van der Waals surface area contributed by atoms with Crippen molar-refractivity contribution in [1.29, 1.82) is 0 Å². The van der Waals surface area contributed by atoms with E-state index in [1.54, 1.807) is 0 Å². The molecule has 2 saturated carbocycles. The summed E-state index contributed by atoms with van der Waals surface area (Å²) in [6.07, 6.45) is 6.14. The van der Waals surface area contributed by atoms with E-state index in [1.807, 2.05) is 0 Å². The molecule has 0 unspecified atom stereocenters. The summed E-state index contributed by atoms with van der Waals surface area (Å²) < 4.78 is 26.1. The predicted octanol–water partition coefficient (Wildman–Crippen LogP) is 4.68. The Bertz CT molecular complexity index is 179. The second-order valence-electron chi connectivity index (χ2n) is 5.88. The van der Waals surface area contributed by atoms with Crippen molar-refractivity contribution in [1.82, 2.24) is 0 Å². The molecule has 2 rings (SSSR count). The van der Waals surface area contributed by atoms with E-state index < -0.39 is 12.3 Å². The van der Waals surface area contributed by atoms with Gasteiger partial charge < -0.3 is 0 Å². The quantitative estimate of drug-likeness (QED) is 0.646. The smallest absolute Gasteiger partial charge is 0.100 e. The molecular weight excluding hydrogens is 206 g/mol. The first-order valence-electron chi connectivity index (χ1n) is 6.95. The van der Waals surface area contributed by atoms with E-state index in [9.17, 15) is 8.78 Å². The van der Waals surface area contributed by atoms with Crippen LogP contribution in [-0.2, 0) is 0 Å². The summed E-state index contributed by atoms with van der Waals surface area (Å²) in [5, 5.41) is 0. The third kappa shape index (κ3) is 2.95. The van der Waals surface area contributed by atoms with Crippen molar-refractivity contribution in [3.05, 3.63) is 0 Å².